The molecular formula is C13H11N3O2S2. The zero-order valence-corrected chi connectivity index (χ0v) is 12.3. The lowest BCUT2D eigenvalue weighted by Gasteiger charge is -2.06. The first kappa shape index (κ1) is 13.0. The number of thiazole rings is 1. The summed E-state index contributed by atoms with van der Waals surface area (Å²) >= 11 is 6.37. The van der Waals surface area contributed by atoms with Crippen LogP contribution < -0.4 is 4.74 Å². The smallest absolute Gasteiger partial charge is 0.284 e. The molecule has 102 valence electrons. The number of ether oxygens (including phenoxy) is 1. The van der Waals surface area contributed by atoms with Gasteiger partial charge in [0, 0.05) is 5.38 Å². The zero-order chi connectivity index (χ0) is 13.9. The van der Waals surface area contributed by atoms with E-state index >= 15 is 0 Å². The number of hydrogen-bond donors (Lipinski definition) is 1. The summed E-state index contributed by atoms with van der Waals surface area (Å²) < 4.78 is 10.9. The molecule has 0 bridgehead atoms. The van der Waals surface area contributed by atoms with Gasteiger partial charge in [0.05, 0.1) is 12.2 Å². The number of aromatic nitrogens is 3. The van der Waals surface area contributed by atoms with Crippen molar-refractivity contribution in [2.24, 2.45) is 0 Å². The van der Waals surface area contributed by atoms with E-state index < -0.39 is 0 Å². The second-order valence-electron chi connectivity index (χ2n) is 3.89. The number of H-pyrrole nitrogens is 1. The molecule has 0 saturated carbocycles. The quantitative estimate of drug-likeness (QED) is 0.740. The molecular weight excluding hydrogens is 294 g/mol. The van der Waals surface area contributed by atoms with Gasteiger partial charge in [-0.2, -0.15) is 0 Å². The highest BCUT2D eigenvalue weighted by atomic mass is 32.1. The van der Waals surface area contributed by atoms with Crippen molar-refractivity contribution in [2.75, 3.05) is 6.61 Å². The summed E-state index contributed by atoms with van der Waals surface area (Å²) in [6.07, 6.45) is 0. The molecule has 2 heterocycles. The van der Waals surface area contributed by atoms with Crippen LogP contribution in [0.5, 0.6) is 5.75 Å². The molecule has 0 spiro atoms. The molecule has 1 aromatic carbocycles. The van der Waals surface area contributed by atoms with Gasteiger partial charge in [-0.1, -0.05) is 12.1 Å². The second-order valence-corrected chi connectivity index (χ2v) is 5.11. The molecule has 0 radical (unpaired) electrons. The number of nitrogens with one attached hydrogen (secondary N) is 1. The Hall–Kier alpha value is -1.99. The Morgan fingerprint density at radius 3 is 3.00 bits per heavy atom. The van der Waals surface area contributed by atoms with Crippen molar-refractivity contribution in [1.82, 2.24) is 15.2 Å². The van der Waals surface area contributed by atoms with Crippen molar-refractivity contribution in [2.45, 2.75) is 6.92 Å². The second kappa shape index (κ2) is 5.56. The summed E-state index contributed by atoms with van der Waals surface area (Å²) in [6.45, 7) is 2.57. The number of benzene rings is 1. The van der Waals surface area contributed by atoms with Crippen molar-refractivity contribution in [3.05, 3.63) is 34.5 Å². The maximum absolute atomic E-state index is 5.62. The third-order valence-corrected chi connectivity index (χ3v) is 3.63. The Kier molecular flexibility index (Phi) is 3.62. The Morgan fingerprint density at radius 1 is 1.40 bits per heavy atom. The van der Waals surface area contributed by atoms with Crippen molar-refractivity contribution in [3.8, 4) is 27.9 Å². The molecule has 7 heteroatoms. The van der Waals surface area contributed by atoms with Crippen LogP contribution in [0, 0.1) is 4.84 Å². The van der Waals surface area contributed by atoms with E-state index in [-0.39, 0.29) is 4.84 Å². The van der Waals surface area contributed by atoms with Crippen LogP contribution in [-0.4, -0.2) is 21.8 Å². The molecule has 0 aliphatic rings. The number of aromatic amines is 1. The van der Waals surface area contributed by atoms with Gasteiger partial charge < -0.3 is 9.15 Å². The Balaban J connectivity index is 2.00. The van der Waals surface area contributed by atoms with Crippen LogP contribution in [0.15, 0.2) is 34.1 Å². The van der Waals surface area contributed by atoms with E-state index in [0.717, 1.165) is 16.3 Å². The summed E-state index contributed by atoms with van der Waals surface area (Å²) in [5.74, 6) is 1.21. The van der Waals surface area contributed by atoms with Gasteiger partial charge in [0.15, 0.2) is 0 Å². The van der Waals surface area contributed by atoms with Gasteiger partial charge in [-0.05, 0) is 31.3 Å². The van der Waals surface area contributed by atoms with Crippen LogP contribution in [0.4, 0.5) is 0 Å². The summed E-state index contributed by atoms with van der Waals surface area (Å²) in [6, 6.07) is 7.81. The van der Waals surface area contributed by atoms with Crippen molar-refractivity contribution >= 4 is 23.6 Å². The van der Waals surface area contributed by atoms with Crippen molar-refractivity contribution in [3.63, 3.8) is 0 Å². The number of para-hydroxylation sites is 1. The molecule has 0 unspecified atom stereocenters. The highest BCUT2D eigenvalue weighted by molar-refractivity contribution is 7.71. The van der Waals surface area contributed by atoms with E-state index in [1.54, 1.807) is 0 Å². The molecule has 0 aliphatic carbocycles. The molecule has 5 nitrogen and oxygen atoms in total. The van der Waals surface area contributed by atoms with Crippen LogP contribution in [0.1, 0.15) is 6.92 Å². The van der Waals surface area contributed by atoms with E-state index in [9.17, 15) is 0 Å². The maximum atomic E-state index is 5.62. The highest BCUT2D eigenvalue weighted by Gasteiger charge is 2.13. The molecule has 3 aromatic rings. The summed E-state index contributed by atoms with van der Waals surface area (Å²) in [4.78, 5) is 4.76. The third kappa shape index (κ3) is 2.50. The molecule has 2 aromatic heterocycles. The molecule has 20 heavy (non-hydrogen) atoms. The first-order chi connectivity index (χ1) is 9.78. The van der Waals surface area contributed by atoms with Gasteiger partial charge >= 0.3 is 0 Å². The minimum Gasteiger partial charge on any atom is -0.493 e. The summed E-state index contributed by atoms with van der Waals surface area (Å²) in [5, 5.41) is 9.29. The third-order valence-electron chi connectivity index (χ3n) is 2.58. The monoisotopic (exact) mass is 305 g/mol. The highest BCUT2D eigenvalue weighted by Crippen LogP contribution is 2.34. The van der Waals surface area contributed by atoms with Gasteiger partial charge in [0.2, 0.25) is 0 Å². The van der Waals surface area contributed by atoms with Gasteiger partial charge in [-0.25, -0.2) is 10.1 Å². The van der Waals surface area contributed by atoms with Gasteiger partial charge in [-0.15, -0.1) is 16.4 Å². The number of nitrogens with zero attached hydrogens (tertiary/aromatic N) is 2. The fraction of sp³-hybridized carbons (Fsp3) is 0.154. The molecule has 1 N–H and O–H groups in total. The fourth-order valence-electron chi connectivity index (χ4n) is 1.76. The number of hydrogen-bond acceptors (Lipinski definition) is 6. The minimum absolute atomic E-state index is 0.240. The molecule has 0 amide bonds. The van der Waals surface area contributed by atoms with E-state index in [1.807, 2.05) is 36.6 Å². The summed E-state index contributed by atoms with van der Waals surface area (Å²) in [5.41, 5.74) is 1.61. The molecule has 3 rings (SSSR count). The van der Waals surface area contributed by atoms with Crippen molar-refractivity contribution in [1.29, 1.82) is 0 Å². The van der Waals surface area contributed by atoms with E-state index in [0.29, 0.717) is 18.2 Å². The normalized spacial score (nSPS) is 10.7. The van der Waals surface area contributed by atoms with Crippen LogP contribution in [0.25, 0.3) is 22.2 Å². The Labute approximate surface area is 124 Å². The molecule has 0 aliphatic heterocycles. The van der Waals surface area contributed by atoms with E-state index in [4.69, 9.17) is 21.4 Å². The predicted octanol–water partition coefficient (Wildman–Crippen LogP) is 3.92. The SMILES string of the molecule is CCOc1ccccc1-c1nc(-c2n[nH]c(=S)o2)cs1. The summed E-state index contributed by atoms with van der Waals surface area (Å²) in [7, 11) is 0. The predicted molar refractivity (Wildman–Crippen MR) is 79.4 cm³/mol. The first-order valence-electron chi connectivity index (χ1n) is 6.01. The van der Waals surface area contributed by atoms with E-state index in [2.05, 4.69) is 15.2 Å². The Morgan fingerprint density at radius 2 is 2.25 bits per heavy atom. The molecule has 0 atom stereocenters. The topological polar surface area (TPSA) is 63.9 Å². The first-order valence-corrected chi connectivity index (χ1v) is 7.30. The van der Waals surface area contributed by atoms with Crippen LogP contribution in [-0.2, 0) is 0 Å². The average Bonchev–Trinajstić information content (AvgIpc) is 3.08. The lowest BCUT2D eigenvalue weighted by Crippen LogP contribution is -1.93. The van der Waals surface area contributed by atoms with Gasteiger partial charge in [-0.3, -0.25) is 0 Å². The fourth-order valence-corrected chi connectivity index (χ4v) is 2.71. The lowest BCUT2D eigenvalue weighted by molar-refractivity contribution is 0.341. The van der Waals surface area contributed by atoms with Crippen LogP contribution >= 0.6 is 23.6 Å². The molecule has 0 saturated heterocycles. The standard InChI is InChI=1S/C13H11N3O2S2/c1-2-17-10-6-4-3-5-8(10)12-14-9(7-20-12)11-15-16-13(19)18-11/h3-7H,2H2,1H3,(H,16,19). The maximum Gasteiger partial charge on any atom is 0.284 e. The minimum atomic E-state index is 0.240. The van der Waals surface area contributed by atoms with Gasteiger partial charge in [0.1, 0.15) is 16.5 Å². The van der Waals surface area contributed by atoms with Crippen molar-refractivity contribution < 1.29 is 9.15 Å². The Bertz CT molecular complexity index is 776. The largest absolute Gasteiger partial charge is 0.493 e. The van der Waals surface area contributed by atoms with Gasteiger partial charge in [0.25, 0.3) is 10.7 Å². The zero-order valence-electron chi connectivity index (χ0n) is 10.6. The van der Waals surface area contributed by atoms with Crippen LogP contribution in [0.3, 0.4) is 0 Å². The average molecular weight is 305 g/mol. The number of rotatable bonds is 4. The van der Waals surface area contributed by atoms with E-state index in [1.165, 1.54) is 11.3 Å². The lowest BCUT2D eigenvalue weighted by atomic mass is 10.2. The van der Waals surface area contributed by atoms with Crippen LogP contribution in [0.2, 0.25) is 0 Å². The molecule has 0 fully saturated rings.